The van der Waals surface area contributed by atoms with E-state index in [0.29, 0.717) is 25.9 Å². The van der Waals surface area contributed by atoms with Crippen molar-refractivity contribution >= 4 is 23.2 Å². The minimum absolute atomic E-state index is 0.141. The van der Waals surface area contributed by atoms with Crippen molar-refractivity contribution in [2.24, 2.45) is 15.3 Å². The number of rotatable bonds is 1. The lowest BCUT2D eigenvalue weighted by Crippen LogP contribution is -2.59. The molecule has 0 radical (unpaired) electrons. The van der Waals surface area contributed by atoms with Crippen LogP contribution in [0.15, 0.2) is 45.7 Å². The van der Waals surface area contributed by atoms with Gasteiger partial charge in [-0.1, -0.05) is 14.8 Å². The van der Waals surface area contributed by atoms with Gasteiger partial charge in [0.1, 0.15) is 0 Å². The van der Waals surface area contributed by atoms with E-state index in [0.717, 1.165) is 18.2 Å². The smallest absolute Gasteiger partial charge is 0.492 e. The van der Waals surface area contributed by atoms with Crippen LogP contribution in [0.2, 0.25) is 0 Å². The predicted octanol–water partition coefficient (Wildman–Crippen LogP) is 2.47. The number of halogens is 4. The van der Waals surface area contributed by atoms with E-state index in [9.17, 15) is 27.8 Å². The monoisotopic (exact) mass is 398 g/mol. The second-order valence-electron chi connectivity index (χ2n) is 6.66. The number of hydrogen-bond donors (Lipinski definition) is 2. The molecule has 1 aromatic rings. The number of aliphatic hydroxyl groups is 1. The molecule has 7 nitrogen and oxygen atoms in total. The molecule has 0 aromatic heterocycles. The van der Waals surface area contributed by atoms with Crippen molar-refractivity contribution in [1.29, 1.82) is 0 Å². The highest BCUT2D eigenvalue weighted by molar-refractivity contribution is 6.24. The number of hydrogen-bond acceptors (Lipinski definition) is 6. The van der Waals surface area contributed by atoms with Gasteiger partial charge >= 0.3 is 12.0 Å². The molecule has 2 N–H and O–H groups in total. The molecule has 11 heteroatoms. The highest BCUT2D eigenvalue weighted by atomic mass is 19.4. The zero-order valence-corrected chi connectivity index (χ0v) is 14.4. The highest BCUT2D eigenvalue weighted by Gasteiger charge is 2.62. The fourth-order valence-corrected chi connectivity index (χ4v) is 3.43. The standard InChI is InChI=1S/C17H15F4N5O2/c18-12-9-10(1-2-13(12)28)26-15(22-23-16(26)17(19,20)21)4-3-14(24-26)25-7-5-11(27)6-8-25/h1-4,9,11,27H,5-8H2/p+1. The maximum atomic E-state index is 14.0. The van der Waals surface area contributed by atoms with Crippen molar-refractivity contribution in [1.82, 2.24) is 9.49 Å². The Morgan fingerprint density at radius 2 is 1.82 bits per heavy atom. The minimum atomic E-state index is -4.88. The van der Waals surface area contributed by atoms with Crippen LogP contribution in [0.5, 0.6) is 5.75 Å². The van der Waals surface area contributed by atoms with E-state index in [-0.39, 0.29) is 17.4 Å². The molecule has 0 spiro atoms. The van der Waals surface area contributed by atoms with E-state index in [1.165, 1.54) is 12.2 Å². The van der Waals surface area contributed by atoms with Crippen LogP contribution in [0, 0.1) is 5.82 Å². The minimum Gasteiger partial charge on any atom is -0.505 e. The first-order chi connectivity index (χ1) is 13.2. The van der Waals surface area contributed by atoms with Crippen LogP contribution in [-0.2, 0) is 0 Å². The maximum Gasteiger partial charge on any atom is 0.492 e. The number of quaternary nitrogens is 1. The number of likely N-dealkylation sites (tertiary alicyclic amines) is 1. The molecule has 3 aliphatic rings. The van der Waals surface area contributed by atoms with Crippen LogP contribution >= 0.6 is 0 Å². The highest BCUT2D eigenvalue weighted by Crippen LogP contribution is 2.39. The molecule has 1 atom stereocenters. The summed E-state index contributed by atoms with van der Waals surface area (Å²) < 4.78 is 54.0. The largest absolute Gasteiger partial charge is 0.505 e. The van der Waals surface area contributed by atoms with E-state index in [1.54, 1.807) is 4.90 Å². The van der Waals surface area contributed by atoms with Crippen LogP contribution in [-0.4, -0.2) is 58.0 Å². The van der Waals surface area contributed by atoms with Crippen molar-refractivity contribution in [3.8, 4) is 5.75 Å². The number of phenols is 1. The second kappa shape index (κ2) is 6.38. The third-order valence-electron chi connectivity index (χ3n) is 4.87. The Labute approximate surface area is 156 Å². The van der Waals surface area contributed by atoms with Gasteiger partial charge in [0.05, 0.1) is 6.10 Å². The summed E-state index contributed by atoms with van der Waals surface area (Å²) in [6, 6.07) is 2.91. The summed E-state index contributed by atoms with van der Waals surface area (Å²) in [4.78, 5) is 1.75. The SMILES string of the molecule is Oc1ccc([N+]23N=C(N4CCC(O)CC4)C=CC2=NN=C3C(F)(F)F)cc1F. The van der Waals surface area contributed by atoms with E-state index in [4.69, 9.17) is 0 Å². The summed E-state index contributed by atoms with van der Waals surface area (Å²) in [5.74, 6) is -2.99. The molecule has 28 heavy (non-hydrogen) atoms. The normalized spacial score (nSPS) is 25.3. The summed E-state index contributed by atoms with van der Waals surface area (Å²) >= 11 is 0. The Balaban J connectivity index is 1.86. The Kier molecular flexibility index (Phi) is 4.23. The summed E-state index contributed by atoms with van der Waals surface area (Å²) in [6.45, 7) is 0.832. The van der Waals surface area contributed by atoms with Crippen molar-refractivity contribution in [2.45, 2.75) is 25.1 Å². The summed E-state index contributed by atoms with van der Waals surface area (Å²) in [6.07, 6.45) is -1.53. The van der Waals surface area contributed by atoms with Crippen molar-refractivity contribution < 1.29 is 27.8 Å². The molecule has 0 amide bonds. The van der Waals surface area contributed by atoms with Gasteiger partial charge in [0, 0.05) is 31.3 Å². The average Bonchev–Trinajstić information content (AvgIpc) is 3.04. The number of nitrogens with zero attached hydrogens (tertiary/aromatic N) is 5. The third-order valence-corrected chi connectivity index (χ3v) is 4.87. The maximum absolute atomic E-state index is 14.0. The molecule has 3 heterocycles. The quantitative estimate of drug-likeness (QED) is 0.563. The van der Waals surface area contributed by atoms with Gasteiger partial charge in [0.25, 0.3) is 5.84 Å². The van der Waals surface area contributed by atoms with Gasteiger partial charge in [0.2, 0.25) is 0 Å². The fraction of sp³-hybridized carbons (Fsp3) is 0.353. The summed E-state index contributed by atoms with van der Waals surface area (Å²) in [5.41, 5.74) is -0.193. The van der Waals surface area contributed by atoms with Gasteiger partial charge in [-0.05, 0) is 30.1 Å². The average molecular weight is 398 g/mol. The lowest BCUT2D eigenvalue weighted by Gasteiger charge is -2.35. The number of benzene rings is 1. The molecular weight excluding hydrogens is 382 g/mol. The Hall–Kier alpha value is -2.79. The van der Waals surface area contributed by atoms with Crippen LogP contribution in [0.1, 0.15) is 12.8 Å². The van der Waals surface area contributed by atoms with Crippen LogP contribution in [0.25, 0.3) is 0 Å². The first-order valence-electron chi connectivity index (χ1n) is 8.55. The van der Waals surface area contributed by atoms with Crippen molar-refractivity contribution in [2.75, 3.05) is 13.1 Å². The van der Waals surface area contributed by atoms with Crippen LogP contribution < -0.4 is 4.59 Å². The molecule has 4 rings (SSSR count). The van der Waals surface area contributed by atoms with Gasteiger partial charge in [-0.25, -0.2) is 4.39 Å². The number of aromatic hydroxyl groups is 1. The number of phenolic OH excluding ortho intramolecular Hbond substituents is 1. The van der Waals surface area contributed by atoms with E-state index in [2.05, 4.69) is 15.3 Å². The van der Waals surface area contributed by atoms with E-state index >= 15 is 0 Å². The van der Waals surface area contributed by atoms with Gasteiger partial charge in [-0.3, -0.25) is 0 Å². The fourth-order valence-electron chi connectivity index (χ4n) is 3.43. The number of fused-ring (bicyclic) bond motifs is 1. The molecule has 1 fully saturated rings. The van der Waals surface area contributed by atoms with Gasteiger partial charge in [-0.2, -0.15) is 13.2 Å². The molecule has 1 aromatic carbocycles. The van der Waals surface area contributed by atoms with Gasteiger partial charge < -0.3 is 15.1 Å². The number of alkyl halides is 3. The molecule has 0 saturated carbocycles. The topological polar surface area (TPSA) is 80.8 Å². The molecule has 148 valence electrons. The molecular formula is C17H16F4N5O2+. The van der Waals surface area contributed by atoms with Gasteiger partial charge in [0.15, 0.2) is 23.1 Å². The summed E-state index contributed by atoms with van der Waals surface area (Å²) in [5, 5.41) is 30.3. The molecule has 0 bridgehead atoms. The number of piperidine rings is 1. The van der Waals surface area contributed by atoms with Crippen LogP contribution in [0.3, 0.4) is 0 Å². The lowest BCUT2D eigenvalue weighted by atomic mass is 10.1. The Bertz CT molecular complexity index is 932. The molecule has 1 saturated heterocycles. The van der Waals surface area contributed by atoms with Crippen LogP contribution in [0.4, 0.5) is 23.2 Å². The van der Waals surface area contributed by atoms with E-state index < -0.39 is 34.3 Å². The first kappa shape index (κ1) is 18.6. The van der Waals surface area contributed by atoms with E-state index in [1.807, 2.05) is 0 Å². The first-order valence-corrected chi connectivity index (χ1v) is 8.55. The summed E-state index contributed by atoms with van der Waals surface area (Å²) in [7, 11) is 0. The lowest BCUT2D eigenvalue weighted by molar-refractivity contribution is -0.0653. The van der Waals surface area contributed by atoms with Gasteiger partial charge in [-0.15, -0.1) is 0 Å². The van der Waals surface area contributed by atoms with Crippen molar-refractivity contribution in [3.05, 3.63) is 36.2 Å². The van der Waals surface area contributed by atoms with Crippen molar-refractivity contribution in [3.63, 3.8) is 0 Å². The second-order valence-corrected chi connectivity index (χ2v) is 6.66. The third kappa shape index (κ3) is 2.87. The Morgan fingerprint density at radius 1 is 1.11 bits per heavy atom. The molecule has 0 aliphatic carbocycles. The Morgan fingerprint density at radius 3 is 2.46 bits per heavy atom. The number of aliphatic hydroxyl groups excluding tert-OH is 1. The molecule has 1 unspecified atom stereocenters. The molecule has 3 aliphatic heterocycles. The zero-order valence-electron chi connectivity index (χ0n) is 14.4. The predicted molar refractivity (Wildman–Crippen MR) is 94.2 cm³/mol. The number of amidine groups is 3. The zero-order chi connectivity index (χ0) is 20.1.